The number of aromatic nitrogens is 3. The number of methoxy groups -OCH3 is 1. The molecule has 35 heavy (non-hydrogen) atoms. The molecule has 0 saturated heterocycles. The predicted molar refractivity (Wildman–Crippen MR) is 127 cm³/mol. The first-order valence-corrected chi connectivity index (χ1v) is 11.2. The maximum atomic E-state index is 15.2. The van der Waals surface area contributed by atoms with E-state index in [-0.39, 0.29) is 5.82 Å². The van der Waals surface area contributed by atoms with E-state index in [1.807, 2.05) is 37.3 Å². The minimum absolute atomic E-state index is 0.345. The smallest absolute Gasteiger partial charge is 0.337 e. The minimum Gasteiger partial charge on any atom is -0.480 e. The molecule has 0 fully saturated rings. The molecule has 0 bridgehead atoms. The molecule has 0 spiro atoms. The summed E-state index contributed by atoms with van der Waals surface area (Å²) in [6.07, 6.45) is 0.883. The third kappa shape index (κ3) is 3.37. The summed E-state index contributed by atoms with van der Waals surface area (Å²) in [5.41, 5.74) is 5.26. The van der Waals surface area contributed by atoms with E-state index < -0.39 is 18.1 Å². The van der Waals surface area contributed by atoms with E-state index in [4.69, 9.17) is 9.47 Å². The molecule has 3 heterocycles. The van der Waals surface area contributed by atoms with Crippen molar-refractivity contribution in [2.24, 2.45) is 0 Å². The van der Waals surface area contributed by atoms with E-state index in [0.29, 0.717) is 22.8 Å². The van der Waals surface area contributed by atoms with Gasteiger partial charge in [0.2, 0.25) is 5.95 Å². The second-order valence-electron chi connectivity index (χ2n) is 8.52. The van der Waals surface area contributed by atoms with Crippen LogP contribution in [0.25, 0.3) is 5.70 Å². The lowest BCUT2D eigenvalue weighted by Crippen LogP contribution is -2.33. The summed E-state index contributed by atoms with van der Waals surface area (Å²) < 4.78 is 28.3. The fourth-order valence-electron chi connectivity index (χ4n) is 4.77. The van der Waals surface area contributed by atoms with Crippen LogP contribution in [0.5, 0.6) is 5.75 Å². The van der Waals surface area contributed by atoms with Crippen LogP contribution in [0.4, 0.5) is 10.3 Å². The molecule has 2 atom stereocenters. The van der Waals surface area contributed by atoms with Crippen molar-refractivity contribution < 1.29 is 18.7 Å². The summed E-state index contributed by atoms with van der Waals surface area (Å²) in [5.74, 6) is 0.454. The number of hydrogen-bond donors (Lipinski definition) is 1. The second kappa shape index (κ2) is 8.09. The SMILES string of the molecule is COC(=O)c1ccc([C@@H]2Oc3ccc(C)cc3C3=C2[C@@H](c2ccccc2F)n2ncnc2N3)cc1. The molecule has 6 rings (SSSR count). The van der Waals surface area contributed by atoms with Gasteiger partial charge in [0.05, 0.1) is 18.4 Å². The van der Waals surface area contributed by atoms with Gasteiger partial charge in [-0.05, 0) is 42.8 Å². The van der Waals surface area contributed by atoms with Crippen LogP contribution in [0.3, 0.4) is 0 Å². The van der Waals surface area contributed by atoms with Crippen LogP contribution in [-0.4, -0.2) is 27.8 Å². The van der Waals surface area contributed by atoms with Crippen LogP contribution in [-0.2, 0) is 4.74 Å². The largest absolute Gasteiger partial charge is 0.480 e. The maximum Gasteiger partial charge on any atom is 0.337 e. The summed E-state index contributed by atoms with van der Waals surface area (Å²) in [6, 6.07) is 19.1. The molecule has 1 aromatic heterocycles. The zero-order valence-corrected chi connectivity index (χ0v) is 19.0. The average molecular weight is 468 g/mol. The predicted octanol–water partition coefficient (Wildman–Crippen LogP) is 5.07. The highest BCUT2D eigenvalue weighted by Crippen LogP contribution is 2.51. The van der Waals surface area contributed by atoms with Gasteiger partial charge in [-0.25, -0.2) is 13.9 Å². The molecule has 0 radical (unpaired) electrons. The Balaban J connectivity index is 1.59. The van der Waals surface area contributed by atoms with Crippen molar-refractivity contribution in [3.63, 3.8) is 0 Å². The van der Waals surface area contributed by atoms with E-state index in [2.05, 4.69) is 15.4 Å². The van der Waals surface area contributed by atoms with Crippen molar-refractivity contribution in [3.05, 3.63) is 112 Å². The number of fused-ring (bicyclic) bond motifs is 3. The molecular weight excluding hydrogens is 447 g/mol. The number of carbonyl (C=O) groups is 1. The van der Waals surface area contributed by atoms with Crippen LogP contribution in [0.15, 0.2) is 78.6 Å². The van der Waals surface area contributed by atoms with Gasteiger partial charge >= 0.3 is 5.97 Å². The molecule has 1 N–H and O–H groups in total. The van der Waals surface area contributed by atoms with Crippen LogP contribution >= 0.6 is 0 Å². The van der Waals surface area contributed by atoms with E-state index >= 15 is 4.39 Å². The number of anilines is 1. The number of rotatable bonds is 3. The van der Waals surface area contributed by atoms with Gasteiger partial charge in [-0.2, -0.15) is 10.1 Å². The lowest BCUT2D eigenvalue weighted by Gasteiger charge is -2.39. The van der Waals surface area contributed by atoms with Gasteiger partial charge in [-0.3, -0.25) is 0 Å². The number of nitrogens with one attached hydrogen (secondary N) is 1. The molecule has 2 aliphatic rings. The first kappa shape index (κ1) is 21.1. The molecule has 0 unspecified atom stereocenters. The first-order chi connectivity index (χ1) is 17.0. The standard InChI is InChI=1S/C27H21FN4O3/c1-15-7-12-21-19(13-15)23-22(25(35-21)16-8-10-17(11-9-16)26(33)34-2)24(18-5-3-4-6-20(18)28)32-27(31-23)29-14-30-32/h3-14,24-25H,1-2H3,(H,29,30,31)/t24-,25+/m1/s1. The van der Waals surface area contributed by atoms with Crippen LogP contribution < -0.4 is 10.1 Å². The lowest BCUT2D eigenvalue weighted by molar-refractivity contribution is 0.0600. The number of esters is 1. The molecule has 0 saturated carbocycles. The molecule has 0 aliphatic carbocycles. The average Bonchev–Trinajstić information content (AvgIpc) is 3.36. The third-order valence-corrected chi connectivity index (χ3v) is 6.40. The molecule has 7 nitrogen and oxygen atoms in total. The van der Waals surface area contributed by atoms with Crippen LogP contribution in [0, 0.1) is 12.7 Å². The molecule has 3 aromatic carbocycles. The van der Waals surface area contributed by atoms with Crippen LogP contribution in [0.1, 0.15) is 44.8 Å². The zero-order chi connectivity index (χ0) is 24.1. The highest BCUT2D eigenvalue weighted by Gasteiger charge is 2.41. The zero-order valence-electron chi connectivity index (χ0n) is 19.0. The number of nitrogens with zero attached hydrogens (tertiary/aromatic N) is 3. The van der Waals surface area contributed by atoms with Gasteiger partial charge in [0, 0.05) is 16.7 Å². The quantitative estimate of drug-likeness (QED) is 0.423. The van der Waals surface area contributed by atoms with E-state index in [1.54, 1.807) is 35.0 Å². The van der Waals surface area contributed by atoms with E-state index in [0.717, 1.165) is 28.0 Å². The van der Waals surface area contributed by atoms with Crippen molar-refractivity contribution in [2.75, 3.05) is 12.4 Å². The van der Waals surface area contributed by atoms with Crippen LogP contribution in [0.2, 0.25) is 0 Å². The first-order valence-electron chi connectivity index (χ1n) is 11.2. The van der Waals surface area contributed by atoms with Gasteiger partial charge in [0.25, 0.3) is 0 Å². The summed E-state index contributed by atoms with van der Waals surface area (Å²) >= 11 is 0. The Labute approximate surface area is 200 Å². The molecule has 8 heteroatoms. The maximum absolute atomic E-state index is 15.2. The molecular formula is C27H21FN4O3. The molecule has 2 aliphatic heterocycles. The van der Waals surface area contributed by atoms with E-state index in [9.17, 15) is 4.79 Å². The molecule has 174 valence electrons. The van der Waals surface area contributed by atoms with Crippen molar-refractivity contribution in [3.8, 4) is 5.75 Å². The number of hydrogen-bond acceptors (Lipinski definition) is 6. The Morgan fingerprint density at radius 3 is 2.69 bits per heavy atom. The van der Waals surface area contributed by atoms with Gasteiger partial charge in [-0.15, -0.1) is 0 Å². The Morgan fingerprint density at radius 2 is 1.91 bits per heavy atom. The third-order valence-electron chi connectivity index (χ3n) is 6.40. The number of benzene rings is 3. The number of halogens is 1. The Kier molecular flexibility index (Phi) is 4.88. The summed E-state index contributed by atoms with van der Waals surface area (Å²) in [4.78, 5) is 16.4. The molecule has 4 aromatic rings. The highest BCUT2D eigenvalue weighted by atomic mass is 19.1. The Bertz CT molecular complexity index is 1490. The second-order valence-corrected chi connectivity index (χ2v) is 8.52. The topological polar surface area (TPSA) is 78.3 Å². The highest BCUT2D eigenvalue weighted by molar-refractivity contribution is 5.89. The van der Waals surface area contributed by atoms with Gasteiger partial charge in [0.1, 0.15) is 30.0 Å². The Morgan fingerprint density at radius 1 is 1.11 bits per heavy atom. The van der Waals surface area contributed by atoms with E-state index in [1.165, 1.54) is 19.5 Å². The Hall–Kier alpha value is -4.46. The van der Waals surface area contributed by atoms with Crippen molar-refractivity contribution in [1.29, 1.82) is 0 Å². The summed E-state index contributed by atoms with van der Waals surface area (Å²) in [5, 5.41) is 7.83. The fraction of sp³-hybridized carbons (Fsp3) is 0.148. The normalized spacial score (nSPS) is 18.0. The van der Waals surface area contributed by atoms with Gasteiger partial charge in [0.15, 0.2) is 0 Å². The minimum atomic E-state index is -0.594. The fourth-order valence-corrected chi connectivity index (χ4v) is 4.77. The van der Waals surface area contributed by atoms with Crippen molar-refractivity contribution in [1.82, 2.24) is 14.8 Å². The lowest BCUT2D eigenvalue weighted by atomic mass is 9.84. The van der Waals surface area contributed by atoms with Crippen molar-refractivity contribution in [2.45, 2.75) is 19.1 Å². The summed E-state index contributed by atoms with van der Waals surface area (Å²) in [6.45, 7) is 2.01. The number of carbonyl (C=O) groups excluding carboxylic acids is 1. The van der Waals surface area contributed by atoms with Gasteiger partial charge < -0.3 is 14.8 Å². The van der Waals surface area contributed by atoms with Crippen molar-refractivity contribution >= 4 is 17.6 Å². The number of ether oxygens (including phenoxy) is 2. The van der Waals surface area contributed by atoms with Gasteiger partial charge in [-0.1, -0.05) is 42.0 Å². The monoisotopic (exact) mass is 468 g/mol. The number of aryl methyl sites for hydroxylation is 1. The summed E-state index contributed by atoms with van der Waals surface area (Å²) in [7, 11) is 1.35. The molecule has 0 amide bonds.